The third-order valence-corrected chi connectivity index (χ3v) is 3.77. The molecule has 0 heterocycles. The molecule has 1 rings (SSSR count). The molecule has 2 amide bonds. The van der Waals surface area contributed by atoms with E-state index in [1.807, 2.05) is 37.3 Å². The fraction of sp³-hybridized carbons (Fsp3) is 0.556. The second kappa shape index (κ2) is 6.88. The second-order valence-electron chi connectivity index (χ2n) is 7.04. The van der Waals surface area contributed by atoms with Crippen LogP contribution in [0, 0.1) is 17.3 Å². The molecule has 0 saturated carbocycles. The summed E-state index contributed by atoms with van der Waals surface area (Å²) in [6.45, 7) is 11.5. The molecule has 1 aromatic rings. The Balaban J connectivity index is 2.90. The molecule has 2 atom stereocenters. The predicted molar refractivity (Wildman–Crippen MR) is 85.8 cm³/mol. The Labute approximate surface area is 128 Å². The monoisotopic (exact) mass is 289 g/mol. The van der Waals surface area contributed by atoms with Crippen LogP contribution >= 0.6 is 0 Å². The van der Waals surface area contributed by atoms with Crippen molar-refractivity contribution >= 4 is 11.8 Å². The van der Waals surface area contributed by atoms with Crippen molar-refractivity contribution in [1.82, 2.24) is 5.32 Å². The molecule has 1 aromatic carbocycles. The van der Waals surface area contributed by atoms with E-state index in [0.29, 0.717) is 5.92 Å². The highest BCUT2D eigenvalue weighted by molar-refractivity contribution is 5.98. The lowest BCUT2D eigenvalue weighted by Gasteiger charge is -2.28. The average molecular weight is 289 g/mol. The third kappa shape index (κ3) is 4.69. The van der Waals surface area contributed by atoms with Crippen molar-refractivity contribution in [1.29, 1.82) is 0 Å². The summed E-state index contributed by atoms with van der Waals surface area (Å²) in [5.74, 6) is -0.261. The minimum atomic E-state index is -0.560. The van der Waals surface area contributed by atoms with Gasteiger partial charge in [-0.15, -0.1) is 0 Å². The first-order valence-corrected chi connectivity index (χ1v) is 7.54. The summed E-state index contributed by atoms with van der Waals surface area (Å²) in [4.78, 5) is 24.4. The number of hydrogen-bond donors (Lipinski definition) is 1. The van der Waals surface area contributed by atoms with Gasteiger partial charge in [-0.25, -0.2) is 0 Å². The van der Waals surface area contributed by atoms with Gasteiger partial charge in [0.15, 0.2) is 0 Å². The number of nitrogens with one attached hydrogen (secondary N) is 1. The summed E-state index contributed by atoms with van der Waals surface area (Å²) in [6.07, 6.45) is 0. The molecule has 0 radical (unpaired) electrons. The number of imide groups is 1. The molecule has 0 saturated heterocycles. The first kappa shape index (κ1) is 17.4. The Morgan fingerprint density at radius 2 is 1.52 bits per heavy atom. The number of hydrogen-bond acceptors (Lipinski definition) is 2. The van der Waals surface area contributed by atoms with E-state index in [2.05, 4.69) is 19.2 Å². The maximum Gasteiger partial charge on any atom is 0.231 e. The van der Waals surface area contributed by atoms with Crippen LogP contribution in [0.3, 0.4) is 0 Å². The van der Waals surface area contributed by atoms with E-state index in [9.17, 15) is 9.59 Å². The van der Waals surface area contributed by atoms with E-state index in [1.165, 1.54) is 0 Å². The lowest BCUT2D eigenvalue weighted by molar-refractivity contribution is -0.137. The van der Waals surface area contributed by atoms with Gasteiger partial charge >= 0.3 is 0 Å². The first-order chi connectivity index (χ1) is 9.64. The first-order valence-electron chi connectivity index (χ1n) is 7.54. The molecule has 1 N–H and O–H groups in total. The molecule has 21 heavy (non-hydrogen) atoms. The van der Waals surface area contributed by atoms with Gasteiger partial charge in [0.1, 0.15) is 0 Å². The van der Waals surface area contributed by atoms with E-state index < -0.39 is 5.41 Å². The molecule has 3 heteroatoms. The largest absolute Gasteiger partial charge is 0.296 e. The predicted octanol–water partition coefficient (Wildman–Crippen LogP) is 3.75. The zero-order valence-corrected chi connectivity index (χ0v) is 13.9. The van der Waals surface area contributed by atoms with E-state index in [4.69, 9.17) is 0 Å². The second-order valence-corrected chi connectivity index (χ2v) is 7.04. The minimum Gasteiger partial charge on any atom is -0.296 e. The van der Waals surface area contributed by atoms with Crippen LogP contribution < -0.4 is 5.32 Å². The van der Waals surface area contributed by atoms with E-state index in [1.54, 1.807) is 20.8 Å². The van der Waals surface area contributed by atoms with Gasteiger partial charge in [-0.05, 0) is 17.4 Å². The molecular weight excluding hydrogens is 262 g/mol. The molecular formula is C18H27NO2. The summed E-state index contributed by atoms with van der Waals surface area (Å²) in [5, 5.41) is 2.55. The van der Waals surface area contributed by atoms with Crippen LogP contribution in [-0.4, -0.2) is 11.8 Å². The van der Waals surface area contributed by atoms with Crippen LogP contribution in [0.1, 0.15) is 53.0 Å². The molecule has 0 aliphatic heterocycles. The lowest BCUT2D eigenvalue weighted by Crippen LogP contribution is -2.43. The molecule has 0 unspecified atom stereocenters. The Bertz CT molecular complexity index is 486. The van der Waals surface area contributed by atoms with Crippen molar-refractivity contribution in [2.75, 3.05) is 0 Å². The molecule has 0 aliphatic carbocycles. The van der Waals surface area contributed by atoms with Crippen LogP contribution in [0.25, 0.3) is 0 Å². The van der Waals surface area contributed by atoms with Gasteiger partial charge in [0.05, 0.1) is 0 Å². The molecule has 0 aromatic heterocycles. The minimum absolute atomic E-state index is 0.0963. The van der Waals surface area contributed by atoms with Gasteiger partial charge in [-0.2, -0.15) is 0 Å². The number of benzene rings is 1. The molecule has 0 fully saturated rings. The fourth-order valence-corrected chi connectivity index (χ4v) is 2.50. The summed E-state index contributed by atoms with van der Waals surface area (Å²) in [5.41, 5.74) is 0.577. The van der Waals surface area contributed by atoms with Crippen LogP contribution in [0.5, 0.6) is 0 Å². The average Bonchev–Trinajstić information content (AvgIpc) is 2.38. The van der Waals surface area contributed by atoms with Crippen LogP contribution in [0.2, 0.25) is 0 Å². The van der Waals surface area contributed by atoms with Crippen molar-refractivity contribution in [3.8, 4) is 0 Å². The van der Waals surface area contributed by atoms with E-state index in [0.717, 1.165) is 5.56 Å². The molecule has 0 aliphatic rings. The zero-order chi connectivity index (χ0) is 16.2. The third-order valence-electron chi connectivity index (χ3n) is 3.77. The standard InChI is InChI=1S/C18H27NO2/c1-12(2)15(14-10-8-7-9-11-14)13(3)16(20)19-17(21)18(4,5)6/h7-13,15H,1-6H3,(H,19,20,21)/t13-,15-/m0/s1. The highest BCUT2D eigenvalue weighted by atomic mass is 16.2. The fourth-order valence-electron chi connectivity index (χ4n) is 2.50. The zero-order valence-electron chi connectivity index (χ0n) is 13.9. The van der Waals surface area contributed by atoms with Crippen molar-refractivity contribution in [2.24, 2.45) is 17.3 Å². The smallest absolute Gasteiger partial charge is 0.231 e. The van der Waals surface area contributed by atoms with Crippen molar-refractivity contribution in [3.05, 3.63) is 35.9 Å². The topological polar surface area (TPSA) is 46.2 Å². The van der Waals surface area contributed by atoms with Crippen molar-refractivity contribution in [3.63, 3.8) is 0 Å². The Morgan fingerprint density at radius 1 is 1.00 bits per heavy atom. The summed E-state index contributed by atoms with van der Waals surface area (Å²) in [6, 6.07) is 10.0. The molecule has 116 valence electrons. The van der Waals surface area contributed by atoms with Gasteiger partial charge in [0, 0.05) is 11.3 Å². The van der Waals surface area contributed by atoms with Crippen LogP contribution in [0.4, 0.5) is 0 Å². The normalized spacial score (nSPS) is 14.6. The lowest BCUT2D eigenvalue weighted by atomic mass is 9.78. The van der Waals surface area contributed by atoms with Gasteiger partial charge in [0.2, 0.25) is 11.8 Å². The van der Waals surface area contributed by atoms with E-state index in [-0.39, 0.29) is 23.7 Å². The SMILES string of the molecule is CC(C)[C@H](c1ccccc1)[C@H](C)C(=O)NC(=O)C(C)(C)C. The van der Waals surface area contributed by atoms with Crippen molar-refractivity contribution in [2.45, 2.75) is 47.5 Å². The van der Waals surface area contributed by atoms with Gasteiger partial charge in [-0.1, -0.05) is 71.9 Å². The summed E-state index contributed by atoms with van der Waals surface area (Å²) in [7, 11) is 0. The molecule has 0 spiro atoms. The highest BCUT2D eigenvalue weighted by Crippen LogP contribution is 2.32. The summed E-state index contributed by atoms with van der Waals surface area (Å²) >= 11 is 0. The van der Waals surface area contributed by atoms with Crippen molar-refractivity contribution < 1.29 is 9.59 Å². The van der Waals surface area contributed by atoms with Gasteiger partial charge in [0.25, 0.3) is 0 Å². The Morgan fingerprint density at radius 3 is 1.95 bits per heavy atom. The van der Waals surface area contributed by atoms with Crippen LogP contribution in [-0.2, 0) is 9.59 Å². The maximum absolute atomic E-state index is 12.4. The summed E-state index contributed by atoms with van der Waals surface area (Å²) < 4.78 is 0. The van der Waals surface area contributed by atoms with Gasteiger partial charge < -0.3 is 0 Å². The quantitative estimate of drug-likeness (QED) is 0.917. The van der Waals surface area contributed by atoms with E-state index >= 15 is 0 Å². The van der Waals surface area contributed by atoms with Gasteiger partial charge in [-0.3, -0.25) is 14.9 Å². The maximum atomic E-state index is 12.4. The number of carbonyl (C=O) groups is 2. The number of carbonyl (C=O) groups excluding carboxylic acids is 2. The van der Waals surface area contributed by atoms with Crippen LogP contribution in [0.15, 0.2) is 30.3 Å². The Hall–Kier alpha value is -1.64. The highest BCUT2D eigenvalue weighted by Gasteiger charge is 2.31. The number of amides is 2. The molecule has 0 bridgehead atoms. The Kier molecular flexibility index (Phi) is 5.70. The number of rotatable bonds is 4. The molecule has 3 nitrogen and oxygen atoms in total.